The number of carbonyl (C=O) groups is 2. The zero-order valence-electron chi connectivity index (χ0n) is 24.6. The highest BCUT2D eigenvalue weighted by Crippen LogP contribution is 2.38. The van der Waals surface area contributed by atoms with Gasteiger partial charge in [0, 0.05) is 49.5 Å². The van der Waals surface area contributed by atoms with Crippen molar-refractivity contribution in [2.45, 2.75) is 77.3 Å². The molecule has 0 bridgehead atoms. The fourth-order valence-corrected chi connectivity index (χ4v) is 5.22. The van der Waals surface area contributed by atoms with Gasteiger partial charge in [-0.05, 0) is 57.2 Å². The van der Waals surface area contributed by atoms with Crippen LogP contribution in [0.5, 0.6) is 5.75 Å². The normalized spacial score (nSPS) is 16.6. The van der Waals surface area contributed by atoms with Gasteiger partial charge in [-0.1, -0.05) is 30.3 Å². The molecule has 3 aromatic rings. The average Bonchev–Trinajstić information content (AvgIpc) is 3.38. The largest absolute Gasteiger partial charge is 0.447 e. The molecule has 232 valence electrons. The summed E-state index contributed by atoms with van der Waals surface area (Å²) in [6.45, 7) is 1.70. The number of halogens is 2. The van der Waals surface area contributed by atoms with Crippen LogP contribution >= 0.6 is 0 Å². The molecule has 12 heteroatoms. The molecule has 1 aromatic heterocycles. The number of hydrogen-bond donors (Lipinski definition) is 3. The lowest BCUT2D eigenvalue weighted by molar-refractivity contribution is -0.0494. The summed E-state index contributed by atoms with van der Waals surface area (Å²) in [6, 6.07) is 13.6. The second-order valence-electron chi connectivity index (χ2n) is 10.7. The summed E-state index contributed by atoms with van der Waals surface area (Å²) in [5, 5.41) is 8.36. The number of imidazole rings is 1. The molecule has 1 aliphatic carbocycles. The van der Waals surface area contributed by atoms with Crippen molar-refractivity contribution in [2.75, 3.05) is 19.0 Å². The Morgan fingerprint density at radius 3 is 2.49 bits per heavy atom. The molecule has 0 radical (unpaired) electrons. The van der Waals surface area contributed by atoms with E-state index in [0.717, 1.165) is 37.1 Å². The molecule has 43 heavy (non-hydrogen) atoms. The van der Waals surface area contributed by atoms with Crippen LogP contribution in [0.1, 0.15) is 56.8 Å². The van der Waals surface area contributed by atoms with Gasteiger partial charge in [0.15, 0.2) is 0 Å². The van der Waals surface area contributed by atoms with Crippen LogP contribution in [0.3, 0.4) is 0 Å². The summed E-state index contributed by atoms with van der Waals surface area (Å²) < 4.78 is 44.5. The first-order chi connectivity index (χ1) is 20.7. The lowest BCUT2D eigenvalue weighted by Crippen LogP contribution is -2.38. The second-order valence-corrected chi connectivity index (χ2v) is 10.7. The number of alkyl carbamates (subject to hydrolysis) is 1. The van der Waals surface area contributed by atoms with Crippen LogP contribution in [0.25, 0.3) is 11.3 Å². The van der Waals surface area contributed by atoms with Gasteiger partial charge < -0.3 is 34.7 Å². The van der Waals surface area contributed by atoms with E-state index in [1.807, 2.05) is 34.9 Å². The molecule has 1 heterocycles. The molecule has 1 fully saturated rings. The van der Waals surface area contributed by atoms with Crippen LogP contribution in [0.2, 0.25) is 0 Å². The molecule has 3 amide bonds. The maximum absolute atomic E-state index is 13.5. The number of anilines is 1. The molecule has 2 aromatic carbocycles. The summed E-state index contributed by atoms with van der Waals surface area (Å²) in [4.78, 5) is 29.2. The first kappa shape index (κ1) is 31.7. The number of nitrogens with one attached hydrogen (secondary N) is 3. The van der Waals surface area contributed by atoms with Crippen molar-refractivity contribution in [3.05, 3.63) is 66.1 Å². The van der Waals surface area contributed by atoms with Gasteiger partial charge in [0.05, 0.1) is 24.6 Å². The number of alkyl halides is 2. The molecule has 0 atom stereocenters. The molecule has 0 spiro atoms. The molecule has 1 saturated carbocycles. The lowest BCUT2D eigenvalue weighted by atomic mass is 9.85. The third kappa shape index (κ3) is 9.15. The molecule has 0 saturated heterocycles. The van der Waals surface area contributed by atoms with Crippen LogP contribution in [-0.4, -0.2) is 54.1 Å². The number of urea groups is 1. The number of benzene rings is 2. The minimum absolute atomic E-state index is 0.0142. The Hall–Kier alpha value is -4.19. The summed E-state index contributed by atoms with van der Waals surface area (Å²) in [6.07, 6.45) is 4.15. The molecule has 0 unspecified atom stereocenters. The van der Waals surface area contributed by atoms with Gasteiger partial charge in [-0.25, -0.2) is 14.6 Å². The number of methoxy groups -OCH3 is 1. The highest BCUT2D eigenvalue weighted by Gasteiger charge is 2.28. The highest BCUT2D eigenvalue weighted by molar-refractivity contribution is 5.90. The Morgan fingerprint density at radius 2 is 1.81 bits per heavy atom. The number of amides is 3. The Labute approximate surface area is 250 Å². The van der Waals surface area contributed by atoms with Gasteiger partial charge in [0.2, 0.25) is 0 Å². The average molecular weight is 600 g/mol. The SMILES string of the molecule is COCCn1c(-c2ccc(NC(=O)NCc3ccccc3)cc2OC(F)F)cnc1C1CCC(NC(=O)OC(C)C)CC1. The zero-order chi connectivity index (χ0) is 30.8. The van der Waals surface area contributed by atoms with Gasteiger partial charge in [-0.3, -0.25) is 0 Å². The van der Waals surface area contributed by atoms with E-state index in [1.165, 1.54) is 6.07 Å². The van der Waals surface area contributed by atoms with Crippen molar-refractivity contribution in [3.63, 3.8) is 0 Å². The van der Waals surface area contributed by atoms with Gasteiger partial charge >= 0.3 is 18.7 Å². The molecular weight excluding hydrogens is 560 g/mol. The Bertz CT molecular complexity index is 1340. The Kier molecular flexibility index (Phi) is 11.3. The van der Waals surface area contributed by atoms with Crippen molar-refractivity contribution >= 4 is 17.8 Å². The van der Waals surface area contributed by atoms with E-state index in [-0.39, 0.29) is 23.8 Å². The smallest absolute Gasteiger partial charge is 0.407 e. The fourth-order valence-electron chi connectivity index (χ4n) is 5.22. The van der Waals surface area contributed by atoms with Crippen molar-refractivity contribution in [1.29, 1.82) is 0 Å². The summed E-state index contributed by atoms with van der Waals surface area (Å²) in [7, 11) is 1.60. The molecule has 3 N–H and O–H groups in total. The second kappa shape index (κ2) is 15.3. The Balaban J connectivity index is 1.51. The Morgan fingerprint density at radius 1 is 1.07 bits per heavy atom. The summed E-state index contributed by atoms with van der Waals surface area (Å²) >= 11 is 0. The first-order valence-corrected chi connectivity index (χ1v) is 14.4. The predicted octanol–water partition coefficient (Wildman–Crippen LogP) is 6.28. The number of aromatic nitrogens is 2. The summed E-state index contributed by atoms with van der Waals surface area (Å²) in [5.41, 5.74) is 2.24. The minimum Gasteiger partial charge on any atom is -0.447 e. The molecular formula is C31H39F2N5O5. The van der Waals surface area contributed by atoms with E-state index in [1.54, 1.807) is 39.3 Å². The van der Waals surface area contributed by atoms with E-state index in [0.29, 0.717) is 36.6 Å². The first-order valence-electron chi connectivity index (χ1n) is 14.4. The van der Waals surface area contributed by atoms with Crippen LogP contribution < -0.4 is 20.7 Å². The predicted molar refractivity (Wildman–Crippen MR) is 158 cm³/mol. The number of nitrogens with zero attached hydrogens (tertiary/aromatic N) is 2. The van der Waals surface area contributed by atoms with Gasteiger partial charge in [0.25, 0.3) is 0 Å². The molecule has 10 nitrogen and oxygen atoms in total. The van der Waals surface area contributed by atoms with Gasteiger partial charge in [-0.2, -0.15) is 8.78 Å². The number of hydrogen-bond acceptors (Lipinski definition) is 6. The third-order valence-corrected chi connectivity index (χ3v) is 7.19. The van der Waals surface area contributed by atoms with Crippen molar-refractivity contribution in [3.8, 4) is 17.0 Å². The number of ether oxygens (including phenoxy) is 3. The minimum atomic E-state index is -3.07. The number of carbonyl (C=O) groups excluding carboxylic acids is 2. The monoisotopic (exact) mass is 599 g/mol. The van der Waals surface area contributed by atoms with Crippen LogP contribution in [0, 0.1) is 0 Å². The standard InChI is InChI=1S/C31H39F2N5O5/c1-20(2)42-31(40)37-23-11-9-22(10-12-23)28-34-19-26(38(28)15-16-41-3)25-14-13-24(17-27(25)43-29(32)33)36-30(39)35-18-21-7-5-4-6-8-21/h4-8,13-14,17,19-20,22-23,29H,9-12,15-16,18H2,1-3H3,(H,37,40)(H2,35,36,39). The van der Waals surface area contributed by atoms with Crippen LogP contribution in [0.4, 0.5) is 24.1 Å². The molecule has 0 aliphatic heterocycles. The van der Waals surface area contributed by atoms with E-state index in [4.69, 9.17) is 19.2 Å². The quantitative estimate of drug-likeness (QED) is 0.226. The lowest BCUT2D eigenvalue weighted by Gasteiger charge is -2.29. The van der Waals surface area contributed by atoms with Crippen LogP contribution in [0.15, 0.2) is 54.7 Å². The maximum Gasteiger partial charge on any atom is 0.407 e. The summed E-state index contributed by atoms with van der Waals surface area (Å²) in [5.74, 6) is 0.844. The van der Waals surface area contributed by atoms with E-state index >= 15 is 0 Å². The molecule has 1 aliphatic rings. The number of rotatable bonds is 12. The topological polar surface area (TPSA) is 116 Å². The van der Waals surface area contributed by atoms with E-state index in [2.05, 4.69) is 16.0 Å². The zero-order valence-corrected chi connectivity index (χ0v) is 24.6. The maximum atomic E-state index is 13.5. The van der Waals surface area contributed by atoms with Crippen molar-refractivity contribution in [1.82, 2.24) is 20.2 Å². The third-order valence-electron chi connectivity index (χ3n) is 7.19. The molecule has 4 rings (SSSR count). The van der Waals surface area contributed by atoms with Crippen molar-refractivity contribution < 1.29 is 32.6 Å². The van der Waals surface area contributed by atoms with Gasteiger partial charge in [0.1, 0.15) is 11.6 Å². The fraction of sp³-hybridized carbons (Fsp3) is 0.452. The van der Waals surface area contributed by atoms with E-state index in [9.17, 15) is 18.4 Å². The van der Waals surface area contributed by atoms with Crippen LogP contribution in [-0.2, 0) is 22.6 Å². The van der Waals surface area contributed by atoms with Gasteiger partial charge in [-0.15, -0.1) is 0 Å². The highest BCUT2D eigenvalue weighted by atomic mass is 19.3. The van der Waals surface area contributed by atoms with Crippen molar-refractivity contribution in [2.24, 2.45) is 0 Å². The van der Waals surface area contributed by atoms with E-state index < -0.39 is 18.7 Å².